The van der Waals surface area contributed by atoms with E-state index in [-0.39, 0.29) is 12.4 Å². The number of rotatable bonds is 5. The second-order valence-electron chi connectivity index (χ2n) is 4.30. The summed E-state index contributed by atoms with van der Waals surface area (Å²) in [5, 5.41) is 16.5. The van der Waals surface area contributed by atoms with Gasteiger partial charge in [0.25, 0.3) is 0 Å². The highest BCUT2D eigenvalue weighted by Gasteiger charge is 2.10. The van der Waals surface area contributed by atoms with Gasteiger partial charge in [-0.3, -0.25) is 5.41 Å². The van der Waals surface area contributed by atoms with E-state index in [9.17, 15) is 0 Å². The van der Waals surface area contributed by atoms with E-state index in [4.69, 9.17) is 25.7 Å². The maximum Gasteiger partial charge on any atom is 0.169 e. The zero-order valence-corrected chi connectivity index (χ0v) is 13.0. The Hall–Kier alpha value is -2.05. The van der Waals surface area contributed by atoms with Gasteiger partial charge in [0.2, 0.25) is 0 Å². The highest BCUT2D eigenvalue weighted by Crippen LogP contribution is 2.36. The van der Waals surface area contributed by atoms with Crippen molar-refractivity contribution >= 4 is 21.8 Å². The van der Waals surface area contributed by atoms with Crippen LogP contribution in [0.3, 0.4) is 0 Å². The molecule has 2 rings (SSSR count). The third-order valence-corrected chi connectivity index (χ3v) is 3.49. The Kier molecular flexibility index (Phi) is 4.82. The van der Waals surface area contributed by atoms with Crippen molar-refractivity contribution in [3.8, 4) is 17.2 Å². The molecule has 0 aliphatic rings. The van der Waals surface area contributed by atoms with Crippen LogP contribution in [0.2, 0.25) is 0 Å². The Labute approximate surface area is 130 Å². The number of hydrogen-bond acceptors (Lipinski definition) is 4. The van der Waals surface area contributed by atoms with Gasteiger partial charge < -0.3 is 20.3 Å². The van der Waals surface area contributed by atoms with Gasteiger partial charge in [-0.15, -0.1) is 0 Å². The number of methoxy groups -OCH3 is 1. The summed E-state index contributed by atoms with van der Waals surface area (Å²) in [5.41, 5.74) is 6.79. The molecule has 6 heteroatoms. The fourth-order valence-electron chi connectivity index (χ4n) is 1.76. The van der Waals surface area contributed by atoms with Gasteiger partial charge in [-0.05, 0) is 51.8 Å². The molecule has 0 heterocycles. The van der Waals surface area contributed by atoms with Crippen LogP contribution < -0.4 is 15.2 Å². The minimum atomic E-state index is -0.0619. The lowest BCUT2D eigenvalue weighted by Crippen LogP contribution is -2.10. The third-order valence-electron chi connectivity index (χ3n) is 2.87. The Morgan fingerprint density at radius 2 is 1.90 bits per heavy atom. The summed E-state index contributed by atoms with van der Waals surface area (Å²) in [7, 11) is 1.54. The number of nitrogens with two attached hydrogens (primary N) is 1. The summed E-state index contributed by atoms with van der Waals surface area (Å²) in [6.07, 6.45) is 0. The molecule has 0 bridgehead atoms. The Morgan fingerprint density at radius 1 is 1.19 bits per heavy atom. The maximum atomic E-state index is 9.13. The van der Waals surface area contributed by atoms with Crippen molar-refractivity contribution in [2.75, 3.05) is 7.11 Å². The summed E-state index contributed by atoms with van der Waals surface area (Å²) >= 11 is 3.39. The van der Waals surface area contributed by atoms with Gasteiger partial charge in [-0.25, -0.2) is 0 Å². The lowest BCUT2D eigenvalue weighted by Gasteiger charge is -2.13. The van der Waals surface area contributed by atoms with Crippen molar-refractivity contribution in [3.63, 3.8) is 0 Å². The first-order chi connectivity index (χ1) is 10.0. The molecule has 0 aromatic heterocycles. The summed E-state index contributed by atoms with van der Waals surface area (Å²) in [4.78, 5) is 0. The molecule has 0 saturated carbocycles. The molecule has 4 N–H and O–H groups in total. The smallest absolute Gasteiger partial charge is 0.169 e. The average Bonchev–Trinajstić information content (AvgIpc) is 2.49. The van der Waals surface area contributed by atoms with Crippen LogP contribution in [-0.4, -0.2) is 18.1 Å². The molecule has 2 aromatic carbocycles. The molecule has 0 atom stereocenters. The zero-order valence-electron chi connectivity index (χ0n) is 11.4. The van der Waals surface area contributed by atoms with Crippen LogP contribution in [0.5, 0.6) is 17.2 Å². The number of halogens is 1. The molecule has 0 aliphatic carbocycles. The molecule has 0 radical (unpaired) electrons. The van der Waals surface area contributed by atoms with Gasteiger partial charge >= 0.3 is 0 Å². The summed E-state index contributed by atoms with van der Waals surface area (Å²) in [6, 6.07) is 10.3. The molecule has 0 saturated heterocycles. The van der Waals surface area contributed by atoms with Gasteiger partial charge in [-0.2, -0.15) is 0 Å². The van der Waals surface area contributed by atoms with Crippen molar-refractivity contribution in [1.82, 2.24) is 0 Å². The predicted octanol–water partition coefficient (Wildman–Crippen LogP) is 3.03. The molecule has 0 aliphatic heterocycles. The van der Waals surface area contributed by atoms with Crippen LogP contribution in [0.1, 0.15) is 11.1 Å². The van der Waals surface area contributed by atoms with Crippen LogP contribution in [-0.2, 0) is 6.61 Å². The van der Waals surface area contributed by atoms with E-state index >= 15 is 0 Å². The maximum absolute atomic E-state index is 9.13. The Balaban J connectivity index is 2.32. The standard InChI is InChI=1S/C15H15BrN2O3/c1-20-14-6-9(8-19)2-4-13(14)21-12-5-3-10(15(17)18)7-11(12)16/h2-7,19H,8H2,1H3,(H3,17,18). The molecule has 0 spiro atoms. The van der Waals surface area contributed by atoms with E-state index < -0.39 is 0 Å². The Bertz CT molecular complexity index is 674. The van der Waals surface area contributed by atoms with E-state index in [0.29, 0.717) is 27.3 Å². The van der Waals surface area contributed by atoms with Crippen molar-refractivity contribution < 1.29 is 14.6 Å². The molecule has 21 heavy (non-hydrogen) atoms. The van der Waals surface area contributed by atoms with Gasteiger partial charge in [0.15, 0.2) is 11.5 Å². The van der Waals surface area contributed by atoms with Crippen LogP contribution in [0.15, 0.2) is 40.9 Å². The molecular formula is C15H15BrN2O3. The first-order valence-corrected chi connectivity index (χ1v) is 6.94. The number of nitrogen functional groups attached to an aromatic ring is 1. The second kappa shape index (κ2) is 6.60. The topological polar surface area (TPSA) is 88.6 Å². The second-order valence-corrected chi connectivity index (χ2v) is 5.16. The number of hydrogen-bond donors (Lipinski definition) is 3. The van der Waals surface area contributed by atoms with Gasteiger partial charge in [-0.1, -0.05) is 6.07 Å². The van der Waals surface area contributed by atoms with E-state index in [2.05, 4.69) is 15.9 Å². The predicted molar refractivity (Wildman–Crippen MR) is 84.1 cm³/mol. The average molecular weight is 351 g/mol. The van der Waals surface area contributed by atoms with Crippen molar-refractivity contribution in [2.24, 2.45) is 5.73 Å². The van der Waals surface area contributed by atoms with Crippen LogP contribution >= 0.6 is 15.9 Å². The van der Waals surface area contributed by atoms with Gasteiger partial charge in [0, 0.05) is 5.56 Å². The monoisotopic (exact) mass is 350 g/mol. The number of benzene rings is 2. The van der Waals surface area contributed by atoms with Crippen LogP contribution in [0.4, 0.5) is 0 Å². The van der Waals surface area contributed by atoms with Crippen molar-refractivity contribution in [3.05, 3.63) is 52.0 Å². The number of aliphatic hydroxyl groups excluding tert-OH is 1. The highest BCUT2D eigenvalue weighted by atomic mass is 79.9. The number of amidine groups is 1. The normalized spacial score (nSPS) is 10.2. The number of ether oxygens (including phenoxy) is 2. The summed E-state index contributed by atoms with van der Waals surface area (Å²) < 4.78 is 11.7. The fourth-order valence-corrected chi connectivity index (χ4v) is 2.22. The zero-order chi connectivity index (χ0) is 15.4. The molecule has 0 unspecified atom stereocenters. The van der Waals surface area contributed by atoms with Crippen LogP contribution in [0.25, 0.3) is 0 Å². The largest absolute Gasteiger partial charge is 0.493 e. The minimum Gasteiger partial charge on any atom is -0.493 e. The van der Waals surface area contributed by atoms with E-state index in [1.54, 1.807) is 36.4 Å². The molecule has 0 amide bonds. The first kappa shape index (κ1) is 15.3. The van der Waals surface area contributed by atoms with Crippen LogP contribution in [0, 0.1) is 5.41 Å². The molecule has 2 aromatic rings. The van der Waals surface area contributed by atoms with Gasteiger partial charge in [0.1, 0.15) is 11.6 Å². The molecule has 0 fully saturated rings. The van der Waals surface area contributed by atoms with E-state index in [1.807, 2.05) is 0 Å². The third kappa shape index (κ3) is 3.53. The highest BCUT2D eigenvalue weighted by molar-refractivity contribution is 9.10. The van der Waals surface area contributed by atoms with E-state index in [1.165, 1.54) is 7.11 Å². The number of nitrogens with one attached hydrogen (secondary N) is 1. The van der Waals surface area contributed by atoms with Crippen molar-refractivity contribution in [1.29, 1.82) is 5.41 Å². The minimum absolute atomic E-state index is 0.00729. The van der Waals surface area contributed by atoms with Gasteiger partial charge in [0.05, 0.1) is 18.2 Å². The Morgan fingerprint density at radius 3 is 2.48 bits per heavy atom. The lowest BCUT2D eigenvalue weighted by molar-refractivity contribution is 0.280. The summed E-state index contributed by atoms with van der Waals surface area (Å²) in [6.45, 7) is -0.0619. The fraction of sp³-hybridized carbons (Fsp3) is 0.133. The quantitative estimate of drug-likeness (QED) is 0.571. The molecular weight excluding hydrogens is 336 g/mol. The molecule has 5 nitrogen and oxygen atoms in total. The summed E-state index contributed by atoms with van der Waals surface area (Å²) in [5.74, 6) is 1.64. The molecule has 110 valence electrons. The van der Waals surface area contributed by atoms with E-state index in [0.717, 1.165) is 5.56 Å². The van der Waals surface area contributed by atoms with Crippen molar-refractivity contribution in [2.45, 2.75) is 6.61 Å². The lowest BCUT2D eigenvalue weighted by atomic mass is 10.2. The first-order valence-electron chi connectivity index (χ1n) is 6.14. The SMILES string of the molecule is COc1cc(CO)ccc1Oc1ccc(C(=N)N)cc1Br. The number of aliphatic hydroxyl groups is 1.